The Morgan fingerprint density at radius 3 is 2.12 bits per heavy atom. The summed E-state index contributed by atoms with van der Waals surface area (Å²) in [6.07, 6.45) is 0.779. The van der Waals surface area contributed by atoms with Gasteiger partial charge in [-0.05, 0) is 41.8 Å². The van der Waals surface area contributed by atoms with Crippen molar-refractivity contribution in [3.63, 3.8) is 0 Å². The van der Waals surface area contributed by atoms with Gasteiger partial charge >= 0.3 is 0 Å². The second-order valence-corrected chi connectivity index (χ2v) is 5.53. The first kappa shape index (κ1) is 15.9. The zero-order chi connectivity index (χ0) is 17.1. The van der Waals surface area contributed by atoms with Gasteiger partial charge in [0.05, 0.1) is 31.1 Å². The van der Waals surface area contributed by atoms with Crippen molar-refractivity contribution in [1.29, 1.82) is 0 Å². The molecule has 122 valence electrons. The van der Waals surface area contributed by atoms with Crippen LogP contribution in [0.25, 0.3) is 0 Å². The number of halogens is 1. The van der Waals surface area contributed by atoms with Crippen LogP contribution in [-0.4, -0.2) is 30.4 Å². The topological polar surface area (TPSA) is 46.6 Å². The van der Waals surface area contributed by atoms with E-state index < -0.39 is 0 Å². The van der Waals surface area contributed by atoms with Crippen molar-refractivity contribution in [2.24, 2.45) is 0 Å². The van der Waals surface area contributed by atoms with Crippen molar-refractivity contribution in [2.75, 3.05) is 13.7 Å². The minimum absolute atomic E-state index is 0.0606. The van der Waals surface area contributed by atoms with Crippen LogP contribution in [0.15, 0.2) is 60.4 Å². The fourth-order valence-corrected chi connectivity index (χ4v) is 2.72. The number of imide groups is 1. The van der Waals surface area contributed by atoms with Gasteiger partial charge in [0.25, 0.3) is 11.8 Å². The fraction of sp³-hybridized carbons (Fsp3) is 0.158. The zero-order valence-corrected chi connectivity index (χ0v) is 13.2. The van der Waals surface area contributed by atoms with Crippen LogP contribution in [0.2, 0.25) is 0 Å². The molecule has 1 aliphatic heterocycles. The lowest BCUT2D eigenvalue weighted by molar-refractivity contribution is 0.0667. The molecule has 0 saturated heterocycles. The van der Waals surface area contributed by atoms with Gasteiger partial charge in [0.15, 0.2) is 0 Å². The monoisotopic (exact) mass is 325 g/mol. The van der Waals surface area contributed by atoms with Gasteiger partial charge in [0, 0.05) is 0 Å². The van der Waals surface area contributed by atoms with Crippen LogP contribution in [0.1, 0.15) is 26.3 Å². The lowest BCUT2D eigenvalue weighted by Gasteiger charge is -2.16. The number of fused-ring (bicyclic) bond motifs is 1. The molecule has 0 radical (unpaired) electrons. The number of carbonyl (C=O) groups excluding carboxylic acids is 2. The second-order valence-electron chi connectivity index (χ2n) is 5.53. The summed E-state index contributed by atoms with van der Waals surface area (Å²) in [5.74, 6) is -0.0563. The molecule has 0 saturated carbocycles. The average molecular weight is 325 g/mol. The number of rotatable bonds is 5. The van der Waals surface area contributed by atoms with Gasteiger partial charge in [-0.15, -0.1) is 0 Å². The number of benzene rings is 2. The van der Waals surface area contributed by atoms with Crippen molar-refractivity contribution in [3.05, 3.63) is 77.1 Å². The highest BCUT2D eigenvalue weighted by Crippen LogP contribution is 2.24. The van der Waals surface area contributed by atoms with E-state index in [0.29, 0.717) is 35.2 Å². The van der Waals surface area contributed by atoms with Crippen LogP contribution in [0.5, 0.6) is 5.75 Å². The average Bonchev–Trinajstić information content (AvgIpc) is 2.87. The maximum Gasteiger partial charge on any atom is 0.261 e. The van der Waals surface area contributed by atoms with E-state index in [4.69, 9.17) is 4.74 Å². The van der Waals surface area contributed by atoms with Gasteiger partial charge in [-0.3, -0.25) is 14.5 Å². The second kappa shape index (κ2) is 6.66. The number of hydrogen-bond acceptors (Lipinski definition) is 3. The van der Waals surface area contributed by atoms with E-state index in [9.17, 15) is 14.0 Å². The molecule has 0 aliphatic carbocycles. The van der Waals surface area contributed by atoms with Gasteiger partial charge in [-0.2, -0.15) is 0 Å². The highest BCUT2D eigenvalue weighted by Gasteiger charge is 2.35. The predicted molar refractivity (Wildman–Crippen MR) is 87.7 cm³/mol. The van der Waals surface area contributed by atoms with Crippen molar-refractivity contribution < 1.29 is 18.7 Å². The number of carbonyl (C=O) groups is 2. The van der Waals surface area contributed by atoms with Crippen molar-refractivity contribution >= 4 is 11.8 Å². The Hall–Kier alpha value is -2.95. The molecule has 1 heterocycles. The molecule has 24 heavy (non-hydrogen) atoms. The molecule has 4 nitrogen and oxygen atoms in total. The third-order valence-corrected chi connectivity index (χ3v) is 3.98. The van der Waals surface area contributed by atoms with E-state index >= 15 is 0 Å². The molecule has 0 bridgehead atoms. The van der Waals surface area contributed by atoms with E-state index in [0.717, 1.165) is 10.5 Å². The summed E-state index contributed by atoms with van der Waals surface area (Å²) < 4.78 is 18.4. The summed E-state index contributed by atoms with van der Waals surface area (Å²) in [6, 6.07) is 13.8. The van der Waals surface area contributed by atoms with Gasteiger partial charge < -0.3 is 4.74 Å². The molecule has 0 N–H and O–H groups in total. The molecule has 0 spiro atoms. The van der Waals surface area contributed by atoms with Crippen LogP contribution in [0.3, 0.4) is 0 Å². The van der Waals surface area contributed by atoms with Crippen LogP contribution >= 0.6 is 0 Å². The first-order valence-corrected chi connectivity index (χ1v) is 7.50. The maximum atomic E-state index is 13.3. The summed E-state index contributed by atoms with van der Waals surface area (Å²) in [6.45, 7) is -0.0606. The third kappa shape index (κ3) is 2.93. The number of ether oxygens (including phenoxy) is 1. The van der Waals surface area contributed by atoms with Crippen LogP contribution in [0, 0.1) is 0 Å². The Morgan fingerprint density at radius 2 is 1.62 bits per heavy atom. The SMILES string of the molecule is COc1ccc(C/C(=C\F)CN2C(=O)c3ccccc3C2=O)cc1. The normalized spacial score (nSPS) is 14.1. The summed E-state index contributed by atoms with van der Waals surface area (Å²) in [7, 11) is 1.57. The maximum absolute atomic E-state index is 13.3. The molecule has 0 unspecified atom stereocenters. The van der Waals surface area contributed by atoms with Gasteiger partial charge in [0.1, 0.15) is 5.75 Å². The smallest absolute Gasteiger partial charge is 0.261 e. The summed E-state index contributed by atoms with van der Waals surface area (Å²) in [5.41, 5.74) is 1.96. The Labute approximate surface area is 139 Å². The number of nitrogens with zero attached hydrogens (tertiary/aromatic N) is 1. The Bertz CT molecular complexity index is 777. The van der Waals surface area contributed by atoms with Crippen LogP contribution in [0.4, 0.5) is 4.39 Å². The highest BCUT2D eigenvalue weighted by atomic mass is 19.1. The predicted octanol–water partition coefficient (Wildman–Crippen LogP) is 3.39. The molecule has 2 aromatic rings. The van der Waals surface area contributed by atoms with Crippen molar-refractivity contribution in [2.45, 2.75) is 6.42 Å². The Kier molecular flexibility index (Phi) is 4.42. The molecule has 2 aromatic carbocycles. The highest BCUT2D eigenvalue weighted by molar-refractivity contribution is 6.21. The van der Waals surface area contributed by atoms with E-state index in [2.05, 4.69) is 0 Å². The largest absolute Gasteiger partial charge is 0.497 e. The Balaban J connectivity index is 1.74. The number of hydrogen-bond donors (Lipinski definition) is 0. The van der Waals surface area contributed by atoms with E-state index in [1.165, 1.54) is 0 Å². The van der Waals surface area contributed by atoms with E-state index in [1.54, 1.807) is 43.5 Å². The molecule has 3 rings (SSSR count). The Morgan fingerprint density at radius 1 is 1.04 bits per heavy atom. The standard InChI is InChI=1S/C19H16FNO3/c1-24-15-8-6-13(7-9-15)10-14(11-20)12-21-18(22)16-4-2-3-5-17(16)19(21)23/h2-9,11H,10,12H2,1H3/b14-11+. The third-order valence-electron chi connectivity index (χ3n) is 3.98. The first-order valence-electron chi connectivity index (χ1n) is 7.50. The molecular weight excluding hydrogens is 309 g/mol. The van der Waals surface area contributed by atoms with Crippen molar-refractivity contribution in [3.8, 4) is 5.75 Å². The molecule has 0 fully saturated rings. The first-order chi connectivity index (χ1) is 11.6. The lowest BCUT2D eigenvalue weighted by Crippen LogP contribution is -2.32. The summed E-state index contributed by atoms with van der Waals surface area (Å²) in [5, 5.41) is 0. The van der Waals surface area contributed by atoms with Crippen LogP contribution in [-0.2, 0) is 6.42 Å². The van der Waals surface area contributed by atoms with Crippen LogP contribution < -0.4 is 4.74 Å². The fourth-order valence-electron chi connectivity index (χ4n) is 2.72. The lowest BCUT2D eigenvalue weighted by atomic mass is 10.1. The van der Waals surface area contributed by atoms with Gasteiger partial charge in [0.2, 0.25) is 0 Å². The quantitative estimate of drug-likeness (QED) is 0.792. The number of amides is 2. The van der Waals surface area contributed by atoms with E-state index in [1.807, 2.05) is 12.1 Å². The molecular formula is C19H16FNO3. The van der Waals surface area contributed by atoms with Gasteiger partial charge in [-0.1, -0.05) is 24.3 Å². The van der Waals surface area contributed by atoms with E-state index in [-0.39, 0.29) is 18.4 Å². The van der Waals surface area contributed by atoms with Gasteiger partial charge in [-0.25, -0.2) is 4.39 Å². The summed E-state index contributed by atoms with van der Waals surface area (Å²) in [4.78, 5) is 25.7. The zero-order valence-electron chi connectivity index (χ0n) is 13.2. The van der Waals surface area contributed by atoms with Crippen molar-refractivity contribution in [1.82, 2.24) is 4.90 Å². The molecule has 0 atom stereocenters. The molecule has 2 amide bonds. The summed E-state index contributed by atoms with van der Waals surface area (Å²) >= 11 is 0. The minimum Gasteiger partial charge on any atom is -0.497 e. The molecule has 1 aliphatic rings. The minimum atomic E-state index is -0.385. The molecule has 0 aromatic heterocycles. The molecule has 5 heteroatoms. The number of methoxy groups -OCH3 is 1.